The summed E-state index contributed by atoms with van der Waals surface area (Å²) in [5, 5.41) is 10.5. The SMILES string of the molecule is CCCS(=O)(=O)CCn1cc([N+](=O)[O-])c(=O)[nH]c1=O. The summed E-state index contributed by atoms with van der Waals surface area (Å²) in [5.41, 5.74) is -2.78. The van der Waals surface area contributed by atoms with Gasteiger partial charge in [0.2, 0.25) is 0 Å². The lowest BCUT2D eigenvalue weighted by Crippen LogP contribution is -2.32. The summed E-state index contributed by atoms with van der Waals surface area (Å²) in [4.78, 5) is 33.9. The van der Waals surface area contributed by atoms with Crippen LogP contribution in [0.25, 0.3) is 0 Å². The first-order valence-electron chi connectivity index (χ1n) is 5.45. The number of hydrogen-bond donors (Lipinski definition) is 1. The number of aromatic nitrogens is 2. The summed E-state index contributed by atoms with van der Waals surface area (Å²) in [6, 6.07) is 0. The second-order valence-corrected chi connectivity index (χ2v) is 6.18. The van der Waals surface area contributed by atoms with Gasteiger partial charge in [-0.1, -0.05) is 6.92 Å². The van der Waals surface area contributed by atoms with Gasteiger partial charge in [0, 0.05) is 12.3 Å². The maximum absolute atomic E-state index is 11.5. The second-order valence-electron chi connectivity index (χ2n) is 3.88. The van der Waals surface area contributed by atoms with Crippen LogP contribution in [-0.4, -0.2) is 34.4 Å². The van der Waals surface area contributed by atoms with Gasteiger partial charge in [-0.05, 0) is 6.42 Å². The first-order chi connectivity index (χ1) is 8.76. The molecule has 106 valence electrons. The van der Waals surface area contributed by atoms with Gasteiger partial charge in [-0.15, -0.1) is 0 Å². The molecule has 9 nitrogen and oxygen atoms in total. The molecule has 1 aromatic rings. The van der Waals surface area contributed by atoms with E-state index < -0.39 is 31.7 Å². The predicted octanol–water partition coefficient (Wildman–Crippen LogP) is -0.730. The molecule has 0 unspecified atom stereocenters. The minimum Gasteiger partial charge on any atom is -0.293 e. The molecule has 0 amide bonds. The third kappa shape index (κ3) is 4.02. The molecule has 0 saturated carbocycles. The highest BCUT2D eigenvalue weighted by Crippen LogP contribution is 2.00. The van der Waals surface area contributed by atoms with Crippen LogP contribution in [0.3, 0.4) is 0 Å². The van der Waals surface area contributed by atoms with E-state index in [1.54, 1.807) is 11.9 Å². The van der Waals surface area contributed by atoms with Crippen LogP contribution in [0.5, 0.6) is 0 Å². The van der Waals surface area contributed by atoms with Crippen LogP contribution < -0.4 is 11.2 Å². The van der Waals surface area contributed by atoms with Gasteiger partial charge in [-0.25, -0.2) is 13.2 Å². The number of aromatic amines is 1. The van der Waals surface area contributed by atoms with E-state index in [-0.39, 0.29) is 18.1 Å². The lowest BCUT2D eigenvalue weighted by atomic mass is 10.5. The van der Waals surface area contributed by atoms with Crippen LogP contribution in [0.15, 0.2) is 15.8 Å². The van der Waals surface area contributed by atoms with E-state index >= 15 is 0 Å². The smallest absolute Gasteiger partial charge is 0.293 e. The molecule has 0 aliphatic heterocycles. The molecule has 0 aliphatic carbocycles. The Kier molecular flexibility index (Phi) is 4.59. The number of nitrogens with zero attached hydrogens (tertiary/aromatic N) is 2. The molecule has 0 saturated heterocycles. The monoisotopic (exact) mass is 291 g/mol. The van der Waals surface area contributed by atoms with Gasteiger partial charge in [0.1, 0.15) is 0 Å². The Bertz CT molecular complexity index is 687. The van der Waals surface area contributed by atoms with Crippen molar-refractivity contribution in [2.24, 2.45) is 0 Å². The molecule has 1 aromatic heterocycles. The predicted molar refractivity (Wildman–Crippen MR) is 66.9 cm³/mol. The molecule has 0 bridgehead atoms. The van der Waals surface area contributed by atoms with Gasteiger partial charge in [0.25, 0.3) is 0 Å². The summed E-state index contributed by atoms with van der Waals surface area (Å²) in [5.74, 6) is -0.336. The number of aryl methyl sites for hydroxylation is 1. The Balaban J connectivity index is 3.03. The highest BCUT2D eigenvalue weighted by molar-refractivity contribution is 7.91. The minimum absolute atomic E-state index is 0.0206. The molecule has 0 radical (unpaired) electrons. The summed E-state index contributed by atoms with van der Waals surface area (Å²) < 4.78 is 23.8. The third-order valence-electron chi connectivity index (χ3n) is 2.35. The zero-order valence-electron chi connectivity index (χ0n) is 10.2. The molecule has 0 aromatic carbocycles. The Labute approximate surface area is 108 Å². The fraction of sp³-hybridized carbons (Fsp3) is 0.556. The quantitative estimate of drug-likeness (QED) is 0.542. The van der Waals surface area contributed by atoms with Crippen molar-refractivity contribution in [2.75, 3.05) is 11.5 Å². The largest absolute Gasteiger partial charge is 0.350 e. The van der Waals surface area contributed by atoms with Gasteiger partial charge < -0.3 is 0 Å². The molecular formula is C9H13N3O6S. The zero-order chi connectivity index (χ0) is 14.6. The lowest BCUT2D eigenvalue weighted by molar-refractivity contribution is -0.386. The van der Waals surface area contributed by atoms with Gasteiger partial charge in [-0.2, -0.15) is 0 Å². The minimum atomic E-state index is -3.31. The first-order valence-corrected chi connectivity index (χ1v) is 7.27. The average Bonchev–Trinajstić information content (AvgIpc) is 2.27. The van der Waals surface area contributed by atoms with Crippen molar-refractivity contribution in [1.82, 2.24) is 9.55 Å². The van der Waals surface area contributed by atoms with Crippen molar-refractivity contribution in [3.8, 4) is 0 Å². The van der Waals surface area contributed by atoms with Crippen LogP contribution in [0, 0.1) is 10.1 Å². The summed E-state index contributed by atoms with van der Waals surface area (Å²) >= 11 is 0. The summed E-state index contributed by atoms with van der Waals surface area (Å²) in [6.07, 6.45) is 1.20. The number of nitrogens with one attached hydrogen (secondary N) is 1. The van der Waals surface area contributed by atoms with E-state index in [4.69, 9.17) is 0 Å². The summed E-state index contributed by atoms with van der Waals surface area (Å²) in [7, 11) is -3.31. The van der Waals surface area contributed by atoms with Gasteiger partial charge in [0.15, 0.2) is 9.84 Å². The van der Waals surface area contributed by atoms with Crippen LogP contribution in [0.1, 0.15) is 13.3 Å². The number of H-pyrrole nitrogens is 1. The maximum atomic E-state index is 11.5. The van der Waals surface area contributed by atoms with E-state index in [9.17, 15) is 28.1 Å². The Morgan fingerprint density at radius 1 is 1.37 bits per heavy atom. The van der Waals surface area contributed by atoms with Gasteiger partial charge >= 0.3 is 16.9 Å². The second kappa shape index (κ2) is 5.78. The van der Waals surface area contributed by atoms with Crippen molar-refractivity contribution >= 4 is 15.5 Å². The summed E-state index contributed by atoms with van der Waals surface area (Å²) in [6.45, 7) is 1.47. The molecule has 10 heteroatoms. The highest BCUT2D eigenvalue weighted by atomic mass is 32.2. The first kappa shape index (κ1) is 15.1. The Morgan fingerprint density at radius 3 is 2.53 bits per heavy atom. The lowest BCUT2D eigenvalue weighted by Gasteiger charge is -2.05. The van der Waals surface area contributed by atoms with Crippen LogP contribution in [0.2, 0.25) is 0 Å². The Hall–Kier alpha value is -1.97. The molecule has 0 spiro atoms. The fourth-order valence-electron chi connectivity index (χ4n) is 1.44. The van der Waals surface area contributed by atoms with Crippen LogP contribution in [0.4, 0.5) is 5.69 Å². The zero-order valence-corrected chi connectivity index (χ0v) is 11.0. The van der Waals surface area contributed by atoms with Crippen molar-refractivity contribution in [3.05, 3.63) is 37.1 Å². The molecule has 0 atom stereocenters. The average molecular weight is 291 g/mol. The number of nitro groups is 1. The van der Waals surface area contributed by atoms with E-state index in [0.717, 1.165) is 10.8 Å². The number of rotatable bonds is 6. The van der Waals surface area contributed by atoms with Crippen LogP contribution in [-0.2, 0) is 16.4 Å². The normalized spacial score (nSPS) is 11.4. The molecule has 1 N–H and O–H groups in total. The maximum Gasteiger partial charge on any atom is 0.350 e. The Morgan fingerprint density at radius 2 is 2.00 bits per heavy atom. The molecular weight excluding hydrogens is 278 g/mol. The standard InChI is InChI=1S/C9H13N3O6S/c1-2-4-19(17,18)5-3-11-6-7(12(15)16)8(13)10-9(11)14/h6H,2-5H2,1H3,(H,10,13,14). The van der Waals surface area contributed by atoms with Crippen molar-refractivity contribution in [1.29, 1.82) is 0 Å². The van der Waals surface area contributed by atoms with E-state index in [0.29, 0.717) is 6.42 Å². The fourth-order valence-corrected chi connectivity index (χ4v) is 2.75. The third-order valence-corrected chi connectivity index (χ3v) is 4.18. The number of hydrogen-bond acceptors (Lipinski definition) is 6. The molecule has 1 heterocycles. The molecule has 19 heavy (non-hydrogen) atoms. The van der Waals surface area contributed by atoms with Gasteiger partial charge in [0.05, 0.1) is 16.9 Å². The van der Waals surface area contributed by atoms with Crippen molar-refractivity contribution in [2.45, 2.75) is 19.9 Å². The molecule has 1 rings (SSSR count). The van der Waals surface area contributed by atoms with Crippen LogP contribution >= 0.6 is 0 Å². The van der Waals surface area contributed by atoms with E-state index in [1.165, 1.54) is 0 Å². The van der Waals surface area contributed by atoms with Crippen molar-refractivity contribution in [3.63, 3.8) is 0 Å². The highest BCUT2D eigenvalue weighted by Gasteiger charge is 2.16. The topological polar surface area (TPSA) is 132 Å². The number of sulfone groups is 1. The van der Waals surface area contributed by atoms with E-state index in [2.05, 4.69) is 0 Å². The molecule has 0 fully saturated rings. The van der Waals surface area contributed by atoms with Crippen molar-refractivity contribution < 1.29 is 13.3 Å². The van der Waals surface area contributed by atoms with Gasteiger partial charge in [-0.3, -0.25) is 24.5 Å². The molecule has 0 aliphatic rings. The van der Waals surface area contributed by atoms with E-state index in [1.807, 2.05) is 0 Å².